The van der Waals surface area contributed by atoms with E-state index in [4.69, 9.17) is 14.7 Å². The number of nitrogens with zero attached hydrogens (tertiary/aromatic N) is 3. The molecule has 1 aliphatic carbocycles. The Kier molecular flexibility index (Phi) is 7.49. The molecule has 196 valence electrons. The number of carbonyl (C=O) groups is 1. The van der Waals surface area contributed by atoms with Gasteiger partial charge in [-0.2, -0.15) is 4.98 Å². The summed E-state index contributed by atoms with van der Waals surface area (Å²) in [5.74, 6) is 1.26. The van der Waals surface area contributed by atoms with Crippen molar-refractivity contribution in [3.8, 4) is 5.75 Å². The number of carbonyl (C=O) groups excluding carboxylic acids is 1. The minimum atomic E-state index is -1.05. The molecule has 0 spiro atoms. The highest BCUT2D eigenvalue weighted by atomic mass is 16.5. The molecule has 1 unspecified atom stereocenters. The maximum Gasteiger partial charge on any atom is 0.225 e. The van der Waals surface area contributed by atoms with Crippen molar-refractivity contribution in [1.82, 2.24) is 15.0 Å². The molecule has 10 heteroatoms. The van der Waals surface area contributed by atoms with Crippen LogP contribution in [0.1, 0.15) is 67.9 Å². The fourth-order valence-electron chi connectivity index (χ4n) is 4.99. The Bertz CT molecular complexity index is 1120. The maximum atomic E-state index is 11.0. The largest absolute Gasteiger partial charge is 0.483 e. The number of fused-ring (bicyclic) bond motifs is 1. The second-order valence-corrected chi connectivity index (χ2v) is 10.5. The van der Waals surface area contributed by atoms with Crippen molar-refractivity contribution in [2.75, 3.05) is 17.2 Å². The van der Waals surface area contributed by atoms with Crippen LogP contribution in [0.2, 0.25) is 0 Å². The number of hydrogen-bond donors (Lipinski definition) is 5. The number of aldehydes is 1. The van der Waals surface area contributed by atoms with Crippen LogP contribution in [0.3, 0.4) is 0 Å². The van der Waals surface area contributed by atoms with E-state index in [9.17, 15) is 20.1 Å². The first-order valence-electron chi connectivity index (χ1n) is 12.6. The Labute approximate surface area is 211 Å². The summed E-state index contributed by atoms with van der Waals surface area (Å²) >= 11 is 0. The van der Waals surface area contributed by atoms with Crippen LogP contribution in [-0.2, 0) is 17.6 Å². The molecule has 10 nitrogen and oxygen atoms in total. The predicted molar refractivity (Wildman–Crippen MR) is 135 cm³/mol. The number of ether oxygens (including phenoxy) is 1. The highest BCUT2D eigenvalue weighted by Gasteiger charge is 2.42. The number of anilines is 2. The third-order valence-electron chi connectivity index (χ3n) is 7.38. The molecular weight excluding hydrogens is 462 g/mol. The number of hydrogen-bond acceptors (Lipinski definition) is 10. The number of aliphatic hydroxyl groups excluding tert-OH is 3. The summed E-state index contributed by atoms with van der Waals surface area (Å²) in [5, 5.41) is 37.3. The van der Waals surface area contributed by atoms with E-state index in [1.54, 1.807) is 0 Å². The van der Waals surface area contributed by atoms with Gasteiger partial charge in [0, 0.05) is 42.2 Å². The van der Waals surface area contributed by atoms with Crippen molar-refractivity contribution >= 4 is 18.1 Å². The van der Waals surface area contributed by atoms with E-state index in [-0.39, 0.29) is 24.7 Å². The molecule has 1 aliphatic heterocycles. The van der Waals surface area contributed by atoms with Gasteiger partial charge in [-0.3, -0.25) is 4.98 Å². The van der Waals surface area contributed by atoms with E-state index in [1.165, 1.54) is 0 Å². The van der Waals surface area contributed by atoms with Gasteiger partial charge in [0.1, 0.15) is 30.1 Å². The molecule has 0 bridgehead atoms. The van der Waals surface area contributed by atoms with Gasteiger partial charge in [-0.15, -0.1) is 0 Å². The van der Waals surface area contributed by atoms with Crippen LogP contribution >= 0.6 is 0 Å². The van der Waals surface area contributed by atoms with E-state index < -0.39 is 24.2 Å². The van der Waals surface area contributed by atoms with Gasteiger partial charge in [-0.25, -0.2) is 4.98 Å². The van der Waals surface area contributed by atoms with E-state index in [0.717, 1.165) is 35.2 Å². The van der Waals surface area contributed by atoms with Crippen molar-refractivity contribution in [2.45, 2.75) is 90.2 Å². The molecule has 0 amide bonds. The van der Waals surface area contributed by atoms with Crippen LogP contribution in [-0.4, -0.2) is 67.0 Å². The average molecular weight is 500 g/mol. The monoisotopic (exact) mass is 499 g/mol. The van der Waals surface area contributed by atoms with Crippen molar-refractivity contribution in [3.05, 3.63) is 34.3 Å². The van der Waals surface area contributed by atoms with Crippen molar-refractivity contribution in [1.29, 1.82) is 0 Å². The van der Waals surface area contributed by atoms with Gasteiger partial charge in [0.2, 0.25) is 5.95 Å². The molecule has 4 rings (SSSR count). The van der Waals surface area contributed by atoms with E-state index in [1.807, 2.05) is 19.9 Å². The zero-order chi connectivity index (χ0) is 26.2. The molecule has 3 heterocycles. The quantitative estimate of drug-likeness (QED) is 0.324. The summed E-state index contributed by atoms with van der Waals surface area (Å²) in [6.45, 7) is 9.77. The van der Waals surface area contributed by atoms with Crippen LogP contribution in [0.4, 0.5) is 11.8 Å². The molecule has 0 aromatic carbocycles. The van der Waals surface area contributed by atoms with Crippen LogP contribution in [0.5, 0.6) is 5.75 Å². The lowest BCUT2D eigenvalue weighted by Gasteiger charge is -2.27. The summed E-state index contributed by atoms with van der Waals surface area (Å²) in [4.78, 5) is 25.0. The molecule has 2 aromatic heterocycles. The van der Waals surface area contributed by atoms with Gasteiger partial charge in [0.25, 0.3) is 0 Å². The van der Waals surface area contributed by atoms with Gasteiger partial charge < -0.3 is 35.5 Å². The zero-order valence-electron chi connectivity index (χ0n) is 21.6. The minimum Gasteiger partial charge on any atom is -0.483 e. The van der Waals surface area contributed by atoms with Crippen LogP contribution in [0.25, 0.3) is 0 Å². The smallest absolute Gasteiger partial charge is 0.225 e. The van der Waals surface area contributed by atoms with Gasteiger partial charge in [-0.05, 0) is 46.6 Å². The molecule has 5 atom stereocenters. The number of aromatic nitrogens is 3. The summed E-state index contributed by atoms with van der Waals surface area (Å²) < 4.78 is 6.35. The summed E-state index contributed by atoms with van der Waals surface area (Å²) in [6.07, 6.45) is 0.448. The van der Waals surface area contributed by atoms with Crippen molar-refractivity contribution in [2.24, 2.45) is 5.92 Å². The Morgan fingerprint density at radius 2 is 1.92 bits per heavy atom. The minimum absolute atomic E-state index is 0.208. The normalized spacial score (nSPS) is 25.4. The number of nitrogens with one attached hydrogen (secondary N) is 2. The second kappa shape index (κ2) is 10.3. The molecule has 0 saturated heterocycles. The predicted octanol–water partition coefficient (Wildman–Crippen LogP) is 2.02. The molecule has 1 fully saturated rings. The maximum absolute atomic E-state index is 11.0. The zero-order valence-corrected chi connectivity index (χ0v) is 21.6. The van der Waals surface area contributed by atoms with Gasteiger partial charge in [0.15, 0.2) is 0 Å². The van der Waals surface area contributed by atoms with Gasteiger partial charge in [-0.1, -0.05) is 6.92 Å². The Morgan fingerprint density at radius 3 is 2.56 bits per heavy atom. The van der Waals surface area contributed by atoms with Crippen LogP contribution in [0, 0.1) is 19.8 Å². The fourth-order valence-corrected chi connectivity index (χ4v) is 4.99. The number of pyridine rings is 1. The lowest BCUT2D eigenvalue weighted by molar-refractivity contribution is -0.107. The topological polar surface area (TPSA) is 150 Å². The lowest BCUT2D eigenvalue weighted by atomic mass is 10.0. The highest BCUT2D eigenvalue weighted by Crippen LogP contribution is 2.42. The second-order valence-electron chi connectivity index (χ2n) is 10.5. The van der Waals surface area contributed by atoms with E-state index in [2.05, 4.69) is 36.4 Å². The SMILES string of the molecule is CCC(C)(C)Nc1nc(C)c(C2Cc3cc(CC=O)nc(C)c3O2)c(N[C@@H]2C[C@H](CO)[C@@H](O)[C@H]2O)n1. The first-order valence-corrected chi connectivity index (χ1v) is 12.6. The summed E-state index contributed by atoms with van der Waals surface area (Å²) in [6, 6.07) is 1.41. The van der Waals surface area contributed by atoms with Crippen molar-refractivity contribution in [3.63, 3.8) is 0 Å². The van der Waals surface area contributed by atoms with Crippen LogP contribution < -0.4 is 15.4 Å². The van der Waals surface area contributed by atoms with E-state index in [0.29, 0.717) is 36.1 Å². The lowest BCUT2D eigenvalue weighted by Crippen LogP contribution is -2.36. The van der Waals surface area contributed by atoms with Crippen molar-refractivity contribution < 1.29 is 24.9 Å². The van der Waals surface area contributed by atoms with Crippen LogP contribution in [0.15, 0.2) is 6.07 Å². The Morgan fingerprint density at radius 1 is 1.17 bits per heavy atom. The third kappa shape index (κ3) is 5.16. The summed E-state index contributed by atoms with van der Waals surface area (Å²) in [7, 11) is 0. The number of rotatable bonds is 9. The molecule has 2 aromatic rings. The Hall–Kier alpha value is -2.82. The fraction of sp³-hybridized carbons (Fsp3) is 0.615. The number of aliphatic hydroxyl groups is 3. The molecular formula is C26H37N5O5. The third-order valence-corrected chi connectivity index (χ3v) is 7.38. The Balaban J connectivity index is 1.71. The molecule has 0 radical (unpaired) electrons. The van der Waals surface area contributed by atoms with Gasteiger partial charge in [0.05, 0.1) is 29.1 Å². The first kappa shape index (κ1) is 26.2. The standard InChI is InChI=1S/C26H37N5O5/c1-6-26(4,5)31-25-28-13(2)20(24(30-25)29-18-10-16(12-33)21(34)22(18)35)19-11-15-9-17(7-8-32)27-14(3)23(15)36-19/h8-9,16,18-19,21-22,33-35H,6-7,10-12H2,1-5H3,(H2,28,29,30,31)/t16-,18-,19?,21-,22+/m1/s1. The molecule has 5 N–H and O–H groups in total. The van der Waals surface area contributed by atoms with Gasteiger partial charge >= 0.3 is 0 Å². The average Bonchev–Trinajstić information content (AvgIpc) is 3.35. The molecule has 1 saturated carbocycles. The molecule has 2 aliphatic rings. The highest BCUT2D eigenvalue weighted by molar-refractivity contribution is 5.57. The molecule has 36 heavy (non-hydrogen) atoms. The summed E-state index contributed by atoms with van der Waals surface area (Å²) in [5.41, 5.74) is 3.66. The first-order chi connectivity index (χ1) is 17.1. The van der Waals surface area contributed by atoms with E-state index >= 15 is 0 Å². The number of aryl methyl sites for hydroxylation is 2.